The van der Waals surface area contributed by atoms with Crippen LogP contribution in [0.15, 0.2) is 24.3 Å². The number of para-hydroxylation sites is 2. The lowest BCUT2D eigenvalue weighted by molar-refractivity contribution is 0.348. The second kappa shape index (κ2) is 5.85. The summed E-state index contributed by atoms with van der Waals surface area (Å²) in [5.41, 5.74) is 2.74. The Labute approximate surface area is 117 Å². The van der Waals surface area contributed by atoms with Gasteiger partial charge in [0.2, 0.25) is 0 Å². The lowest BCUT2D eigenvalue weighted by Crippen LogP contribution is -2.46. The molecule has 1 unspecified atom stereocenters. The molecule has 19 heavy (non-hydrogen) atoms. The van der Waals surface area contributed by atoms with Gasteiger partial charge >= 0.3 is 0 Å². The molecule has 2 nitrogen and oxygen atoms in total. The Balaban J connectivity index is 1.79. The van der Waals surface area contributed by atoms with E-state index in [1.807, 2.05) is 0 Å². The van der Waals surface area contributed by atoms with Gasteiger partial charge in [-0.05, 0) is 37.3 Å². The van der Waals surface area contributed by atoms with Crippen LogP contribution in [0, 0.1) is 5.92 Å². The van der Waals surface area contributed by atoms with Crippen molar-refractivity contribution in [1.29, 1.82) is 0 Å². The smallest absolute Gasteiger partial charge is 0.0605 e. The molecule has 1 aromatic rings. The van der Waals surface area contributed by atoms with E-state index in [4.69, 9.17) is 0 Å². The first kappa shape index (κ1) is 12.8. The fourth-order valence-corrected chi connectivity index (χ4v) is 3.67. The van der Waals surface area contributed by atoms with E-state index in [1.54, 1.807) is 0 Å². The van der Waals surface area contributed by atoms with E-state index in [2.05, 4.69) is 41.4 Å². The molecule has 0 saturated heterocycles. The first-order valence-electron chi connectivity index (χ1n) is 7.98. The molecule has 1 heterocycles. The van der Waals surface area contributed by atoms with E-state index in [0.717, 1.165) is 12.5 Å². The standard InChI is InChI=1S/C17H26N2/c1-2-15-12-18-16-10-6-7-11-17(16)19(15)13-14-8-4-3-5-9-14/h6-7,10-11,14-15,18H,2-5,8-9,12-13H2,1H3. The van der Waals surface area contributed by atoms with E-state index >= 15 is 0 Å². The fraction of sp³-hybridized carbons (Fsp3) is 0.647. The summed E-state index contributed by atoms with van der Waals surface area (Å²) in [5.74, 6) is 0.911. The number of hydrogen-bond acceptors (Lipinski definition) is 2. The third-order valence-electron chi connectivity index (χ3n) is 4.83. The second-order valence-corrected chi connectivity index (χ2v) is 6.12. The summed E-state index contributed by atoms with van der Waals surface area (Å²) in [6.07, 6.45) is 8.43. The highest BCUT2D eigenvalue weighted by Gasteiger charge is 2.27. The molecule has 1 N–H and O–H groups in total. The van der Waals surface area contributed by atoms with Gasteiger partial charge in [-0.25, -0.2) is 0 Å². The molecule has 104 valence electrons. The van der Waals surface area contributed by atoms with Gasteiger partial charge in [-0.1, -0.05) is 38.3 Å². The third kappa shape index (κ3) is 2.72. The fourth-order valence-electron chi connectivity index (χ4n) is 3.67. The Morgan fingerprint density at radius 2 is 1.95 bits per heavy atom. The molecular weight excluding hydrogens is 232 g/mol. The van der Waals surface area contributed by atoms with Gasteiger partial charge in [-0.15, -0.1) is 0 Å². The topological polar surface area (TPSA) is 15.3 Å². The molecule has 1 aliphatic carbocycles. The maximum absolute atomic E-state index is 3.59. The third-order valence-corrected chi connectivity index (χ3v) is 4.83. The van der Waals surface area contributed by atoms with Gasteiger partial charge in [0.05, 0.1) is 11.4 Å². The quantitative estimate of drug-likeness (QED) is 0.870. The molecule has 1 saturated carbocycles. The molecule has 2 aliphatic rings. The predicted molar refractivity (Wildman–Crippen MR) is 82.9 cm³/mol. The average molecular weight is 258 g/mol. The van der Waals surface area contributed by atoms with Gasteiger partial charge in [0, 0.05) is 19.1 Å². The van der Waals surface area contributed by atoms with E-state index in [1.165, 1.54) is 56.4 Å². The van der Waals surface area contributed by atoms with Gasteiger partial charge in [0.25, 0.3) is 0 Å². The molecule has 1 aromatic carbocycles. The normalized spacial score (nSPS) is 23.8. The van der Waals surface area contributed by atoms with Crippen molar-refractivity contribution in [2.75, 3.05) is 23.3 Å². The summed E-state index contributed by atoms with van der Waals surface area (Å²) >= 11 is 0. The number of hydrogen-bond donors (Lipinski definition) is 1. The van der Waals surface area contributed by atoms with Crippen LogP contribution in [0.1, 0.15) is 45.4 Å². The molecule has 0 bridgehead atoms. The summed E-state index contributed by atoms with van der Waals surface area (Å²) in [5, 5.41) is 3.59. The number of fused-ring (bicyclic) bond motifs is 1. The van der Waals surface area contributed by atoms with Crippen molar-refractivity contribution >= 4 is 11.4 Å². The van der Waals surface area contributed by atoms with Crippen LogP contribution in [0.2, 0.25) is 0 Å². The zero-order valence-corrected chi connectivity index (χ0v) is 12.1. The van der Waals surface area contributed by atoms with Crippen molar-refractivity contribution in [3.8, 4) is 0 Å². The van der Waals surface area contributed by atoms with Gasteiger partial charge in [0.15, 0.2) is 0 Å². The van der Waals surface area contributed by atoms with Crippen LogP contribution in [0.25, 0.3) is 0 Å². The van der Waals surface area contributed by atoms with Gasteiger partial charge < -0.3 is 10.2 Å². The predicted octanol–water partition coefficient (Wildman–Crippen LogP) is 4.28. The van der Waals surface area contributed by atoms with E-state index in [0.29, 0.717) is 6.04 Å². The first-order valence-corrected chi connectivity index (χ1v) is 7.98. The Bertz CT molecular complexity index is 409. The SMILES string of the molecule is CCC1CNc2ccccc2N1CC1CCCCC1. The molecule has 0 amide bonds. The number of benzene rings is 1. The molecule has 1 aliphatic heterocycles. The Kier molecular flexibility index (Phi) is 3.95. The van der Waals surface area contributed by atoms with Crippen molar-refractivity contribution in [2.45, 2.75) is 51.5 Å². The van der Waals surface area contributed by atoms with E-state index in [-0.39, 0.29) is 0 Å². The van der Waals surface area contributed by atoms with Crippen LogP contribution in [0.5, 0.6) is 0 Å². The van der Waals surface area contributed by atoms with Gasteiger partial charge in [0.1, 0.15) is 0 Å². The zero-order valence-electron chi connectivity index (χ0n) is 12.1. The van der Waals surface area contributed by atoms with Crippen LogP contribution in [-0.4, -0.2) is 19.1 Å². The van der Waals surface area contributed by atoms with Crippen LogP contribution in [0.4, 0.5) is 11.4 Å². The lowest BCUT2D eigenvalue weighted by atomic mass is 9.88. The van der Waals surface area contributed by atoms with Crippen molar-refractivity contribution in [1.82, 2.24) is 0 Å². The zero-order chi connectivity index (χ0) is 13.1. The number of rotatable bonds is 3. The highest BCUT2D eigenvalue weighted by Crippen LogP contribution is 2.34. The van der Waals surface area contributed by atoms with Crippen LogP contribution < -0.4 is 10.2 Å². The van der Waals surface area contributed by atoms with Crippen LogP contribution in [0.3, 0.4) is 0 Å². The molecule has 2 heteroatoms. The largest absolute Gasteiger partial charge is 0.381 e. The highest BCUT2D eigenvalue weighted by molar-refractivity contribution is 5.72. The van der Waals surface area contributed by atoms with Crippen LogP contribution in [-0.2, 0) is 0 Å². The van der Waals surface area contributed by atoms with Crippen LogP contribution >= 0.6 is 0 Å². The molecule has 3 rings (SSSR count). The average Bonchev–Trinajstić information content (AvgIpc) is 2.49. The molecular formula is C17H26N2. The maximum Gasteiger partial charge on any atom is 0.0605 e. The minimum atomic E-state index is 0.664. The summed E-state index contributed by atoms with van der Waals surface area (Å²) in [4.78, 5) is 2.68. The minimum absolute atomic E-state index is 0.664. The second-order valence-electron chi connectivity index (χ2n) is 6.12. The lowest BCUT2D eigenvalue weighted by Gasteiger charge is -2.41. The number of nitrogens with one attached hydrogen (secondary N) is 1. The van der Waals surface area contributed by atoms with Crippen molar-refractivity contribution in [3.63, 3.8) is 0 Å². The number of nitrogens with zero attached hydrogens (tertiary/aromatic N) is 1. The van der Waals surface area contributed by atoms with Gasteiger partial charge in [-0.2, -0.15) is 0 Å². The Hall–Kier alpha value is -1.18. The molecule has 0 radical (unpaired) electrons. The van der Waals surface area contributed by atoms with E-state index < -0.39 is 0 Å². The van der Waals surface area contributed by atoms with E-state index in [9.17, 15) is 0 Å². The Morgan fingerprint density at radius 1 is 1.16 bits per heavy atom. The number of anilines is 2. The molecule has 0 spiro atoms. The molecule has 0 aromatic heterocycles. The van der Waals surface area contributed by atoms with Crippen molar-refractivity contribution in [2.24, 2.45) is 5.92 Å². The van der Waals surface area contributed by atoms with Crippen molar-refractivity contribution in [3.05, 3.63) is 24.3 Å². The first-order chi connectivity index (χ1) is 9.38. The summed E-state index contributed by atoms with van der Waals surface area (Å²) in [6.45, 7) is 4.67. The van der Waals surface area contributed by atoms with Gasteiger partial charge in [-0.3, -0.25) is 0 Å². The monoisotopic (exact) mass is 258 g/mol. The summed E-state index contributed by atoms with van der Waals surface area (Å²) in [7, 11) is 0. The minimum Gasteiger partial charge on any atom is -0.381 e. The summed E-state index contributed by atoms with van der Waals surface area (Å²) in [6, 6.07) is 9.47. The maximum atomic E-state index is 3.59. The molecule has 1 fully saturated rings. The highest BCUT2D eigenvalue weighted by atomic mass is 15.2. The summed E-state index contributed by atoms with van der Waals surface area (Å²) < 4.78 is 0. The Morgan fingerprint density at radius 3 is 2.74 bits per heavy atom. The van der Waals surface area contributed by atoms with Crippen molar-refractivity contribution < 1.29 is 0 Å². The molecule has 1 atom stereocenters.